The van der Waals surface area contributed by atoms with E-state index in [9.17, 15) is 74.6 Å². The second-order valence-corrected chi connectivity index (χ2v) is 6.57. The van der Waals surface area contributed by atoms with Gasteiger partial charge in [0, 0.05) is 6.42 Å². The van der Waals surface area contributed by atoms with E-state index in [-0.39, 0.29) is 12.0 Å². The van der Waals surface area contributed by atoms with Gasteiger partial charge in [-0.1, -0.05) is 23.8 Å². The van der Waals surface area contributed by atoms with E-state index in [1.807, 2.05) is 0 Å². The maximum Gasteiger partial charge on any atom is 0.460 e. The Balaban J connectivity index is 3.45. The quantitative estimate of drug-likeness (QED) is 0.279. The Morgan fingerprint density at radius 2 is 0.906 bits per heavy atom. The lowest BCUT2D eigenvalue weighted by atomic mass is 9.87. The van der Waals surface area contributed by atoms with Crippen molar-refractivity contribution in [2.24, 2.45) is 0 Å². The molecule has 0 radical (unpaired) electrons. The number of alkyl halides is 17. The van der Waals surface area contributed by atoms with E-state index in [2.05, 4.69) is 0 Å². The van der Waals surface area contributed by atoms with E-state index >= 15 is 0 Å². The molecule has 0 aromatic heterocycles. The standard InChI is InChI=1S/C15H9F17/c16-8(17,6-5-7-3-1-2-4-7)9(18,19)10(20,21)11(22,23)12(24,25)13(26,27)14(28,29)15(30,31)32/h1,3-4H,2,5-6H2. The zero-order valence-corrected chi connectivity index (χ0v) is 14.8. The lowest BCUT2D eigenvalue weighted by Gasteiger charge is -2.42. The van der Waals surface area contributed by atoms with Gasteiger partial charge in [-0.3, -0.25) is 0 Å². The van der Waals surface area contributed by atoms with Gasteiger partial charge in [-0.2, -0.15) is 74.6 Å². The van der Waals surface area contributed by atoms with Crippen LogP contribution in [-0.2, 0) is 0 Å². The third kappa shape index (κ3) is 3.82. The molecule has 0 fully saturated rings. The van der Waals surface area contributed by atoms with Gasteiger partial charge >= 0.3 is 47.6 Å². The van der Waals surface area contributed by atoms with Gasteiger partial charge in [0.2, 0.25) is 0 Å². The number of halogens is 17. The second-order valence-electron chi connectivity index (χ2n) is 6.57. The SMILES string of the molecule is FC(F)(F)C(F)(F)C(F)(F)C(F)(F)C(F)(F)C(F)(F)C(F)(F)C(F)(F)CCC1=CCC=C1. The highest BCUT2D eigenvalue weighted by Crippen LogP contribution is 2.64. The van der Waals surface area contributed by atoms with Crippen molar-refractivity contribution in [3.05, 3.63) is 23.8 Å². The minimum atomic E-state index is -8.58. The summed E-state index contributed by atoms with van der Waals surface area (Å²) in [5.41, 5.74) is -0.211. The van der Waals surface area contributed by atoms with Gasteiger partial charge < -0.3 is 0 Å². The van der Waals surface area contributed by atoms with Crippen LogP contribution in [0.4, 0.5) is 74.6 Å². The van der Waals surface area contributed by atoms with Crippen LogP contribution in [-0.4, -0.2) is 47.6 Å². The average molecular weight is 512 g/mol. The Labute approximate surface area is 166 Å². The number of allylic oxidation sites excluding steroid dienone is 4. The van der Waals surface area contributed by atoms with Gasteiger partial charge in [0.15, 0.2) is 0 Å². The van der Waals surface area contributed by atoms with E-state index < -0.39 is 60.5 Å². The largest absolute Gasteiger partial charge is 0.460 e. The fourth-order valence-corrected chi connectivity index (χ4v) is 2.35. The summed E-state index contributed by atoms with van der Waals surface area (Å²) in [6, 6.07) is 0. The number of hydrogen-bond acceptors (Lipinski definition) is 0. The van der Waals surface area contributed by atoms with Crippen LogP contribution in [0.2, 0.25) is 0 Å². The molecule has 1 aliphatic carbocycles. The molecule has 0 N–H and O–H groups in total. The molecule has 0 amide bonds. The van der Waals surface area contributed by atoms with Crippen molar-refractivity contribution >= 4 is 0 Å². The maximum atomic E-state index is 13.6. The van der Waals surface area contributed by atoms with Gasteiger partial charge in [0.05, 0.1) is 0 Å². The molecule has 0 saturated carbocycles. The summed E-state index contributed by atoms with van der Waals surface area (Å²) in [4.78, 5) is 0. The normalized spacial score (nSPS) is 17.7. The van der Waals surface area contributed by atoms with Crippen LogP contribution in [0.5, 0.6) is 0 Å². The third-order valence-corrected chi connectivity index (χ3v) is 4.36. The molecule has 0 aromatic rings. The smallest absolute Gasteiger partial charge is 0.200 e. The van der Waals surface area contributed by atoms with Crippen molar-refractivity contribution < 1.29 is 74.6 Å². The van der Waals surface area contributed by atoms with E-state index in [1.165, 1.54) is 6.08 Å². The van der Waals surface area contributed by atoms with Crippen LogP contribution in [0.1, 0.15) is 19.3 Å². The molecule has 0 aliphatic heterocycles. The summed E-state index contributed by atoms with van der Waals surface area (Å²) in [6.07, 6.45) is -8.00. The highest BCUT2D eigenvalue weighted by molar-refractivity contribution is 5.26. The first-order chi connectivity index (χ1) is 13.8. The minimum absolute atomic E-state index is 0.0697. The van der Waals surface area contributed by atoms with Crippen LogP contribution < -0.4 is 0 Å². The van der Waals surface area contributed by atoms with Gasteiger partial charge in [0.25, 0.3) is 0 Å². The summed E-state index contributed by atoms with van der Waals surface area (Å²) >= 11 is 0. The molecule has 1 aliphatic rings. The highest BCUT2D eigenvalue weighted by atomic mass is 19.4. The predicted molar refractivity (Wildman–Crippen MR) is 71.8 cm³/mol. The Morgan fingerprint density at radius 3 is 1.25 bits per heavy atom. The van der Waals surface area contributed by atoms with Crippen molar-refractivity contribution in [2.45, 2.75) is 66.9 Å². The van der Waals surface area contributed by atoms with E-state index in [0.717, 1.165) is 12.2 Å². The van der Waals surface area contributed by atoms with Crippen molar-refractivity contribution in [1.29, 1.82) is 0 Å². The van der Waals surface area contributed by atoms with Crippen LogP contribution in [0.15, 0.2) is 23.8 Å². The predicted octanol–water partition coefficient (Wildman–Crippen LogP) is 7.66. The summed E-state index contributed by atoms with van der Waals surface area (Å²) in [7, 11) is 0. The Morgan fingerprint density at radius 1 is 0.531 bits per heavy atom. The molecule has 188 valence electrons. The van der Waals surface area contributed by atoms with Crippen LogP contribution in [0.25, 0.3) is 0 Å². The molecule has 0 saturated heterocycles. The molecule has 0 heterocycles. The van der Waals surface area contributed by atoms with Crippen LogP contribution >= 0.6 is 0 Å². The summed E-state index contributed by atoms with van der Waals surface area (Å²) in [5, 5.41) is 0. The molecule has 32 heavy (non-hydrogen) atoms. The fraction of sp³-hybridized carbons (Fsp3) is 0.733. The van der Waals surface area contributed by atoms with Crippen LogP contribution in [0, 0.1) is 0 Å². The van der Waals surface area contributed by atoms with Gasteiger partial charge in [0.1, 0.15) is 0 Å². The molecule has 0 nitrogen and oxygen atoms in total. The summed E-state index contributed by atoms with van der Waals surface area (Å²) < 4.78 is 222. The molecular weight excluding hydrogens is 503 g/mol. The van der Waals surface area contributed by atoms with Crippen molar-refractivity contribution in [2.75, 3.05) is 0 Å². The van der Waals surface area contributed by atoms with E-state index in [4.69, 9.17) is 0 Å². The highest BCUT2D eigenvalue weighted by Gasteiger charge is 2.95. The van der Waals surface area contributed by atoms with Gasteiger partial charge in [-0.15, -0.1) is 0 Å². The topological polar surface area (TPSA) is 0 Å². The fourth-order valence-electron chi connectivity index (χ4n) is 2.35. The zero-order valence-electron chi connectivity index (χ0n) is 14.8. The molecule has 0 spiro atoms. The van der Waals surface area contributed by atoms with E-state index in [1.54, 1.807) is 0 Å². The van der Waals surface area contributed by atoms with Crippen molar-refractivity contribution in [3.8, 4) is 0 Å². The Bertz CT molecular complexity index is 752. The Hall–Kier alpha value is -1.71. The van der Waals surface area contributed by atoms with Gasteiger partial charge in [-0.25, -0.2) is 0 Å². The molecule has 0 atom stereocenters. The Kier molecular flexibility index (Phi) is 6.79. The molecule has 0 bridgehead atoms. The first-order valence-electron chi connectivity index (χ1n) is 7.90. The summed E-state index contributed by atoms with van der Waals surface area (Å²) in [5.74, 6) is -55.9. The number of rotatable bonds is 9. The first kappa shape index (κ1) is 28.3. The minimum Gasteiger partial charge on any atom is -0.200 e. The molecule has 0 unspecified atom stereocenters. The van der Waals surface area contributed by atoms with E-state index in [0.29, 0.717) is 0 Å². The molecule has 0 aromatic carbocycles. The van der Waals surface area contributed by atoms with Crippen molar-refractivity contribution in [3.63, 3.8) is 0 Å². The molecule has 17 heteroatoms. The third-order valence-electron chi connectivity index (χ3n) is 4.36. The monoisotopic (exact) mass is 512 g/mol. The first-order valence-corrected chi connectivity index (χ1v) is 7.90. The van der Waals surface area contributed by atoms with Crippen molar-refractivity contribution in [1.82, 2.24) is 0 Å². The average Bonchev–Trinajstić information content (AvgIpc) is 3.11. The molecule has 1 rings (SSSR count). The maximum absolute atomic E-state index is 13.6. The summed E-state index contributed by atoms with van der Waals surface area (Å²) in [6.45, 7) is 0. The lowest BCUT2D eigenvalue weighted by molar-refractivity contribution is -0.461. The lowest BCUT2D eigenvalue weighted by Crippen LogP contribution is -2.74. The molecular formula is C15H9F17. The zero-order chi connectivity index (χ0) is 25.8. The van der Waals surface area contributed by atoms with Gasteiger partial charge in [-0.05, 0) is 12.8 Å². The number of hydrogen-bond donors (Lipinski definition) is 0. The van der Waals surface area contributed by atoms with Crippen LogP contribution in [0.3, 0.4) is 0 Å². The second kappa shape index (κ2) is 7.67.